The van der Waals surface area contributed by atoms with E-state index in [0.29, 0.717) is 0 Å². The van der Waals surface area contributed by atoms with Gasteiger partial charge in [0.25, 0.3) is 0 Å². The maximum absolute atomic E-state index is 13.5. The molecule has 0 aliphatic carbocycles. The number of fused-ring (bicyclic) bond motifs is 1. The van der Waals surface area contributed by atoms with Crippen LogP contribution in [0.4, 0.5) is 10.1 Å². The van der Waals surface area contributed by atoms with Crippen molar-refractivity contribution >= 4 is 16.6 Å². The molecule has 21 heavy (non-hydrogen) atoms. The minimum Gasteiger partial charge on any atom is -0.494 e. The predicted octanol–water partition coefficient (Wildman–Crippen LogP) is 3.88. The van der Waals surface area contributed by atoms with Crippen LogP contribution in [-0.4, -0.2) is 17.3 Å². The molecule has 3 rings (SSSR count). The number of aromatic nitrogens is 2. The zero-order valence-corrected chi connectivity index (χ0v) is 11.9. The molecule has 5 heteroatoms. The average molecular weight is 285 g/mol. The van der Waals surface area contributed by atoms with Crippen molar-refractivity contribution in [2.75, 3.05) is 12.4 Å². The van der Waals surface area contributed by atoms with Crippen molar-refractivity contribution in [2.24, 2.45) is 0 Å². The van der Waals surface area contributed by atoms with Crippen molar-refractivity contribution in [2.45, 2.75) is 13.0 Å². The van der Waals surface area contributed by atoms with E-state index in [9.17, 15) is 4.39 Å². The third-order valence-corrected chi connectivity index (χ3v) is 3.53. The number of methoxy groups -OCH3 is 1. The number of H-pyrrole nitrogens is 1. The summed E-state index contributed by atoms with van der Waals surface area (Å²) < 4.78 is 18.5. The van der Waals surface area contributed by atoms with Crippen LogP contribution in [0.2, 0.25) is 0 Å². The summed E-state index contributed by atoms with van der Waals surface area (Å²) in [5, 5.41) is 11.4. The van der Waals surface area contributed by atoms with Crippen LogP contribution in [-0.2, 0) is 0 Å². The van der Waals surface area contributed by atoms with Gasteiger partial charge in [-0.15, -0.1) is 0 Å². The molecule has 0 radical (unpaired) electrons. The third kappa shape index (κ3) is 2.54. The van der Waals surface area contributed by atoms with Gasteiger partial charge < -0.3 is 10.1 Å². The second kappa shape index (κ2) is 5.44. The average Bonchev–Trinajstić information content (AvgIpc) is 2.97. The van der Waals surface area contributed by atoms with Gasteiger partial charge in [0.05, 0.1) is 18.8 Å². The summed E-state index contributed by atoms with van der Waals surface area (Å²) in [7, 11) is 1.46. The summed E-state index contributed by atoms with van der Waals surface area (Å²) in [6.07, 6.45) is 1.79. The van der Waals surface area contributed by atoms with E-state index in [1.165, 1.54) is 13.2 Å². The number of hydrogen-bond acceptors (Lipinski definition) is 3. The Labute approximate surface area is 121 Å². The minimum absolute atomic E-state index is 0.0139. The van der Waals surface area contributed by atoms with E-state index in [-0.39, 0.29) is 17.6 Å². The highest BCUT2D eigenvalue weighted by Crippen LogP contribution is 2.28. The molecule has 1 atom stereocenters. The minimum atomic E-state index is -0.356. The Bertz CT molecular complexity index is 769. The van der Waals surface area contributed by atoms with Crippen molar-refractivity contribution < 1.29 is 9.13 Å². The quantitative estimate of drug-likeness (QED) is 0.764. The Balaban J connectivity index is 1.89. The van der Waals surface area contributed by atoms with Crippen molar-refractivity contribution in [1.82, 2.24) is 10.2 Å². The lowest BCUT2D eigenvalue weighted by molar-refractivity contribution is 0.385. The normalized spacial score (nSPS) is 12.3. The molecule has 0 aliphatic rings. The molecular weight excluding hydrogens is 269 g/mol. The lowest BCUT2D eigenvalue weighted by Gasteiger charge is -2.17. The Morgan fingerprint density at radius 1 is 1.29 bits per heavy atom. The van der Waals surface area contributed by atoms with Crippen molar-refractivity contribution in [3.63, 3.8) is 0 Å². The summed E-state index contributed by atoms with van der Waals surface area (Å²) in [5.74, 6) is -0.104. The lowest BCUT2D eigenvalue weighted by Crippen LogP contribution is -2.07. The maximum Gasteiger partial charge on any atom is 0.165 e. The number of ether oxygens (including phenoxy) is 1. The van der Waals surface area contributed by atoms with Crippen LogP contribution < -0.4 is 10.1 Å². The van der Waals surface area contributed by atoms with Crippen molar-refractivity contribution in [3.8, 4) is 5.75 Å². The fourth-order valence-corrected chi connectivity index (χ4v) is 2.36. The molecule has 2 N–H and O–H groups in total. The Morgan fingerprint density at radius 2 is 2.14 bits per heavy atom. The summed E-state index contributed by atoms with van der Waals surface area (Å²) in [6, 6.07) is 10.8. The Morgan fingerprint density at radius 3 is 2.95 bits per heavy atom. The molecule has 1 heterocycles. The van der Waals surface area contributed by atoms with Crippen LogP contribution in [0.5, 0.6) is 5.75 Å². The number of nitrogens with one attached hydrogen (secondary N) is 2. The van der Waals surface area contributed by atoms with Gasteiger partial charge in [0.2, 0.25) is 0 Å². The van der Waals surface area contributed by atoms with E-state index < -0.39 is 0 Å². The molecule has 0 saturated heterocycles. The van der Waals surface area contributed by atoms with Gasteiger partial charge in [-0.3, -0.25) is 5.10 Å². The molecular formula is C16H16FN3O. The molecule has 1 aromatic heterocycles. The molecule has 2 aromatic carbocycles. The van der Waals surface area contributed by atoms with Gasteiger partial charge in [0.15, 0.2) is 11.6 Å². The number of anilines is 1. The number of nitrogens with zero attached hydrogens (tertiary/aromatic N) is 1. The molecule has 0 amide bonds. The van der Waals surface area contributed by atoms with Crippen molar-refractivity contribution in [1.29, 1.82) is 0 Å². The largest absolute Gasteiger partial charge is 0.494 e. The highest BCUT2D eigenvalue weighted by Gasteiger charge is 2.11. The predicted molar refractivity (Wildman–Crippen MR) is 81.1 cm³/mol. The fourth-order valence-electron chi connectivity index (χ4n) is 2.36. The van der Waals surface area contributed by atoms with Gasteiger partial charge in [-0.2, -0.15) is 5.10 Å². The summed E-state index contributed by atoms with van der Waals surface area (Å²) in [5.41, 5.74) is 2.91. The van der Waals surface area contributed by atoms with Crippen LogP contribution in [0.3, 0.4) is 0 Å². The first-order valence-electron chi connectivity index (χ1n) is 6.71. The summed E-state index contributed by atoms with van der Waals surface area (Å²) >= 11 is 0. The fraction of sp³-hybridized carbons (Fsp3) is 0.188. The lowest BCUT2D eigenvalue weighted by atomic mass is 10.1. The van der Waals surface area contributed by atoms with E-state index in [1.807, 2.05) is 25.1 Å². The van der Waals surface area contributed by atoms with Crippen LogP contribution in [0, 0.1) is 5.82 Å². The second-order valence-corrected chi connectivity index (χ2v) is 4.90. The van der Waals surface area contributed by atoms with E-state index in [2.05, 4.69) is 15.5 Å². The highest BCUT2D eigenvalue weighted by molar-refractivity contribution is 5.90. The Hall–Kier alpha value is -2.56. The smallest absolute Gasteiger partial charge is 0.165 e. The van der Waals surface area contributed by atoms with Crippen LogP contribution >= 0.6 is 0 Å². The molecule has 108 valence electrons. The first-order chi connectivity index (χ1) is 10.2. The second-order valence-electron chi connectivity index (χ2n) is 4.90. The van der Waals surface area contributed by atoms with Crippen LogP contribution in [0.15, 0.2) is 42.6 Å². The SMILES string of the molecule is COc1cc(C(C)Nc2cccc3[nH]ncc23)ccc1F. The number of aromatic amines is 1. The van der Waals surface area contributed by atoms with Crippen LogP contribution in [0.25, 0.3) is 10.9 Å². The zero-order chi connectivity index (χ0) is 14.8. The van der Waals surface area contributed by atoms with Gasteiger partial charge in [-0.1, -0.05) is 12.1 Å². The number of rotatable bonds is 4. The first kappa shape index (κ1) is 13.4. The molecule has 0 spiro atoms. The third-order valence-electron chi connectivity index (χ3n) is 3.53. The van der Waals surface area contributed by atoms with Gasteiger partial charge >= 0.3 is 0 Å². The van der Waals surface area contributed by atoms with Gasteiger partial charge in [-0.25, -0.2) is 4.39 Å². The molecule has 0 aliphatic heterocycles. The van der Waals surface area contributed by atoms with E-state index >= 15 is 0 Å². The molecule has 1 unspecified atom stereocenters. The number of benzene rings is 2. The molecule has 4 nitrogen and oxygen atoms in total. The molecule has 0 fully saturated rings. The summed E-state index contributed by atoms with van der Waals surface area (Å²) in [6.45, 7) is 2.02. The monoisotopic (exact) mass is 285 g/mol. The topological polar surface area (TPSA) is 49.9 Å². The standard InChI is InChI=1S/C16H16FN3O/c1-10(11-6-7-13(17)16(8-11)21-2)19-14-4-3-5-15-12(14)9-18-20-15/h3-10,19H,1-2H3,(H,18,20). The van der Waals surface area contributed by atoms with Crippen LogP contribution in [0.1, 0.15) is 18.5 Å². The van der Waals surface area contributed by atoms with Gasteiger partial charge in [0.1, 0.15) is 0 Å². The first-order valence-corrected chi connectivity index (χ1v) is 6.71. The molecule has 3 aromatic rings. The molecule has 0 bridgehead atoms. The van der Waals surface area contributed by atoms with Crippen molar-refractivity contribution in [3.05, 3.63) is 54.0 Å². The zero-order valence-electron chi connectivity index (χ0n) is 11.9. The number of hydrogen-bond donors (Lipinski definition) is 2. The Kier molecular flexibility index (Phi) is 3.48. The van der Waals surface area contributed by atoms with Gasteiger partial charge in [0, 0.05) is 17.1 Å². The maximum atomic E-state index is 13.5. The number of halogens is 1. The molecule has 0 saturated carbocycles. The van der Waals surface area contributed by atoms with E-state index in [4.69, 9.17) is 4.74 Å². The van der Waals surface area contributed by atoms with E-state index in [1.54, 1.807) is 18.3 Å². The van der Waals surface area contributed by atoms with E-state index in [0.717, 1.165) is 22.2 Å². The summed E-state index contributed by atoms with van der Waals surface area (Å²) in [4.78, 5) is 0. The highest BCUT2D eigenvalue weighted by atomic mass is 19.1. The van der Waals surface area contributed by atoms with Gasteiger partial charge in [-0.05, 0) is 36.8 Å².